The molecule has 0 spiro atoms. The van der Waals surface area contributed by atoms with Gasteiger partial charge in [0.25, 0.3) is 0 Å². The van der Waals surface area contributed by atoms with Gasteiger partial charge in [-0.25, -0.2) is 4.79 Å². The Kier molecular flexibility index (Phi) is 6.56. The van der Waals surface area contributed by atoms with Crippen LogP contribution in [-0.4, -0.2) is 23.1 Å². The minimum atomic E-state index is -0.396. The van der Waals surface area contributed by atoms with Crippen LogP contribution in [0.3, 0.4) is 0 Å². The van der Waals surface area contributed by atoms with Crippen LogP contribution in [0.25, 0.3) is 6.08 Å². The maximum atomic E-state index is 12.4. The largest absolute Gasteiger partial charge is 0.462 e. The summed E-state index contributed by atoms with van der Waals surface area (Å²) in [6.45, 7) is 8.53. The smallest absolute Gasteiger partial charge is 0.340 e. The number of amides is 1. The van der Waals surface area contributed by atoms with Gasteiger partial charge in [0, 0.05) is 35.3 Å². The summed E-state index contributed by atoms with van der Waals surface area (Å²) in [5.41, 5.74) is 3.87. The van der Waals surface area contributed by atoms with Gasteiger partial charge in [0.2, 0.25) is 5.91 Å². The third kappa shape index (κ3) is 4.45. The number of ether oxygens (including phenoxy) is 1. The lowest BCUT2D eigenvalue weighted by Crippen LogP contribution is -2.09. The number of benzene rings is 1. The van der Waals surface area contributed by atoms with Crippen molar-refractivity contribution in [1.82, 2.24) is 4.57 Å². The molecule has 140 valence electrons. The maximum absolute atomic E-state index is 12.4. The van der Waals surface area contributed by atoms with Gasteiger partial charge < -0.3 is 14.6 Å². The number of anilines is 1. The molecule has 0 saturated heterocycles. The minimum absolute atomic E-state index is 0.285. The molecule has 27 heavy (non-hydrogen) atoms. The molecule has 0 aliphatic carbocycles. The van der Waals surface area contributed by atoms with E-state index in [1.807, 2.05) is 31.4 Å². The molecule has 0 unspecified atom stereocenters. The Morgan fingerprint density at radius 2 is 2.00 bits per heavy atom. The Morgan fingerprint density at radius 3 is 2.63 bits per heavy atom. The summed E-state index contributed by atoms with van der Waals surface area (Å²) in [5.74, 6) is -0.742. The topological polar surface area (TPSA) is 84.1 Å². The Hall–Kier alpha value is -3.33. The van der Waals surface area contributed by atoms with E-state index in [1.165, 1.54) is 6.08 Å². The standard InChI is InChI=1S/C21H23N3O3/c1-5-24-14(3)18(20(15(24)4)21(26)27-6-2)10-11-19(25)23-17-9-7-8-16(12-17)13-22/h7-12H,5-6H2,1-4H3,(H,23,25)/b11-10+. The Balaban J connectivity index is 2.31. The van der Waals surface area contributed by atoms with Gasteiger partial charge in [0.15, 0.2) is 0 Å². The molecule has 0 saturated carbocycles. The van der Waals surface area contributed by atoms with E-state index in [9.17, 15) is 9.59 Å². The molecule has 0 atom stereocenters. The first kappa shape index (κ1) is 20.0. The van der Waals surface area contributed by atoms with Crippen molar-refractivity contribution in [3.8, 4) is 6.07 Å². The van der Waals surface area contributed by atoms with Crippen LogP contribution in [0, 0.1) is 25.2 Å². The minimum Gasteiger partial charge on any atom is -0.462 e. The van der Waals surface area contributed by atoms with Crippen molar-refractivity contribution in [1.29, 1.82) is 5.26 Å². The van der Waals surface area contributed by atoms with Crippen LogP contribution in [0.5, 0.6) is 0 Å². The van der Waals surface area contributed by atoms with E-state index in [2.05, 4.69) is 5.32 Å². The van der Waals surface area contributed by atoms with Crippen LogP contribution in [0.4, 0.5) is 5.69 Å². The molecule has 0 aliphatic rings. The molecule has 1 aromatic heterocycles. The Morgan fingerprint density at radius 1 is 1.26 bits per heavy atom. The summed E-state index contributed by atoms with van der Waals surface area (Å²) in [6.07, 6.45) is 3.01. The molecule has 2 aromatic rings. The lowest BCUT2D eigenvalue weighted by atomic mass is 10.1. The average Bonchev–Trinajstić information content (AvgIpc) is 2.89. The highest BCUT2D eigenvalue weighted by Crippen LogP contribution is 2.25. The van der Waals surface area contributed by atoms with Crippen LogP contribution < -0.4 is 5.32 Å². The van der Waals surface area contributed by atoms with Gasteiger partial charge in [0.1, 0.15) is 0 Å². The summed E-state index contributed by atoms with van der Waals surface area (Å²) in [6, 6.07) is 8.70. The van der Waals surface area contributed by atoms with Crippen molar-refractivity contribution in [2.24, 2.45) is 0 Å². The van der Waals surface area contributed by atoms with Gasteiger partial charge in [-0.1, -0.05) is 6.07 Å². The fourth-order valence-electron chi connectivity index (χ4n) is 3.06. The van der Waals surface area contributed by atoms with Crippen molar-refractivity contribution >= 4 is 23.6 Å². The van der Waals surface area contributed by atoms with Crippen molar-refractivity contribution < 1.29 is 14.3 Å². The lowest BCUT2D eigenvalue weighted by Gasteiger charge is -2.05. The van der Waals surface area contributed by atoms with E-state index in [-0.39, 0.29) is 12.5 Å². The first-order chi connectivity index (χ1) is 12.9. The highest BCUT2D eigenvalue weighted by Gasteiger charge is 2.22. The number of aromatic nitrogens is 1. The molecule has 6 nitrogen and oxygen atoms in total. The number of nitriles is 1. The zero-order valence-electron chi connectivity index (χ0n) is 16.0. The molecule has 1 N–H and O–H groups in total. The summed E-state index contributed by atoms with van der Waals surface area (Å²) >= 11 is 0. The molecule has 1 heterocycles. The van der Waals surface area contributed by atoms with E-state index in [0.717, 1.165) is 11.4 Å². The monoisotopic (exact) mass is 365 g/mol. The van der Waals surface area contributed by atoms with Crippen LogP contribution in [0.1, 0.15) is 46.7 Å². The molecular weight excluding hydrogens is 342 g/mol. The van der Waals surface area contributed by atoms with Gasteiger partial charge >= 0.3 is 5.97 Å². The molecule has 1 amide bonds. The second kappa shape index (κ2) is 8.86. The first-order valence-electron chi connectivity index (χ1n) is 8.78. The van der Waals surface area contributed by atoms with Gasteiger partial charge in [-0.2, -0.15) is 5.26 Å². The molecule has 0 fully saturated rings. The van der Waals surface area contributed by atoms with Crippen LogP contribution >= 0.6 is 0 Å². The number of hydrogen-bond donors (Lipinski definition) is 1. The number of nitrogens with zero attached hydrogens (tertiary/aromatic N) is 2. The van der Waals surface area contributed by atoms with Crippen molar-refractivity contribution in [3.05, 3.63) is 58.4 Å². The van der Waals surface area contributed by atoms with E-state index >= 15 is 0 Å². The Labute approximate surface area is 159 Å². The second-order valence-electron chi connectivity index (χ2n) is 5.94. The maximum Gasteiger partial charge on any atom is 0.340 e. The van der Waals surface area contributed by atoms with Gasteiger partial charge in [-0.3, -0.25) is 4.79 Å². The fourth-order valence-corrected chi connectivity index (χ4v) is 3.06. The van der Waals surface area contributed by atoms with Crippen molar-refractivity contribution in [3.63, 3.8) is 0 Å². The zero-order chi connectivity index (χ0) is 20.0. The predicted octanol–water partition coefficient (Wildman–Crippen LogP) is 3.83. The molecule has 0 aliphatic heterocycles. The van der Waals surface area contributed by atoms with Gasteiger partial charge in [-0.15, -0.1) is 0 Å². The third-order valence-electron chi connectivity index (χ3n) is 4.29. The summed E-state index contributed by atoms with van der Waals surface area (Å²) in [7, 11) is 0. The average molecular weight is 365 g/mol. The van der Waals surface area contributed by atoms with Gasteiger partial charge in [-0.05, 0) is 52.0 Å². The molecule has 6 heteroatoms. The molecule has 0 bridgehead atoms. The number of rotatable bonds is 6. The van der Waals surface area contributed by atoms with Crippen molar-refractivity contribution in [2.75, 3.05) is 11.9 Å². The fraction of sp³-hybridized carbons (Fsp3) is 0.286. The highest BCUT2D eigenvalue weighted by atomic mass is 16.5. The number of carbonyl (C=O) groups is 2. The number of nitrogens with one attached hydrogen (secondary N) is 1. The normalized spacial score (nSPS) is 10.6. The van der Waals surface area contributed by atoms with E-state index in [4.69, 9.17) is 10.00 Å². The van der Waals surface area contributed by atoms with Crippen LogP contribution in [0.2, 0.25) is 0 Å². The SMILES string of the molecule is CCOC(=O)c1c(/C=C/C(=O)Nc2cccc(C#N)c2)c(C)n(CC)c1C. The molecule has 2 rings (SSSR count). The van der Waals surface area contributed by atoms with Crippen LogP contribution in [-0.2, 0) is 16.1 Å². The zero-order valence-corrected chi connectivity index (χ0v) is 16.0. The predicted molar refractivity (Wildman–Crippen MR) is 104 cm³/mol. The van der Waals surface area contributed by atoms with Gasteiger partial charge in [0.05, 0.1) is 23.8 Å². The van der Waals surface area contributed by atoms with E-state index < -0.39 is 5.97 Å². The molecule has 1 aromatic carbocycles. The van der Waals surface area contributed by atoms with E-state index in [0.29, 0.717) is 28.9 Å². The molecular formula is C21H23N3O3. The summed E-state index contributed by atoms with van der Waals surface area (Å²) in [4.78, 5) is 24.6. The Bertz CT molecular complexity index is 933. The highest BCUT2D eigenvalue weighted by molar-refractivity contribution is 6.04. The van der Waals surface area contributed by atoms with Crippen molar-refractivity contribution in [2.45, 2.75) is 34.2 Å². The number of carbonyl (C=O) groups excluding carboxylic acids is 2. The van der Waals surface area contributed by atoms with E-state index in [1.54, 1.807) is 37.3 Å². The summed E-state index contributed by atoms with van der Waals surface area (Å²) < 4.78 is 7.19. The van der Waals surface area contributed by atoms with Crippen LogP contribution in [0.15, 0.2) is 30.3 Å². The quantitative estimate of drug-likeness (QED) is 0.623. The molecule has 0 radical (unpaired) electrons. The third-order valence-corrected chi connectivity index (χ3v) is 4.29. The first-order valence-corrected chi connectivity index (χ1v) is 8.78. The summed E-state index contributed by atoms with van der Waals surface area (Å²) in [5, 5.41) is 11.6. The lowest BCUT2D eigenvalue weighted by molar-refractivity contribution is -0.111. The number of hydrogen-bond acceptors (Lipinski definition) is 4. The second-order valence-corrected chi connectivity index (χ2v) is 5.94. The number of esters is 1.